The van der Waals surface area contributed by atoms with Crippen LogP contribution < -0.4 is 10.1 Å². The minimum Gasteiger partial charge on any atom is -0.497 e. The summed E-state index contributed by atoms with van der Waals surface area (Å²) >= 11 is 1.14. The summed E-state index contributed by atoms with van der Waals surface area (Å²) in [6.45, 7) is 0. The number of carbonyl (C=O) groups is 1. The van der Waals surface area contributed by atoms with Crippen molar-refractivity contribution in [3.8, 4) is 5.75 Å². The summed E-state index contributed by atoms with van der Waals surface area (Å²) in [5, 5.41) is 3.72. The Morgan fingerprint density at radius 3 is 2.81 bits per heavy atom. The Hall–Kier alpha value is -3.12. The third-order valence-electron chi connectivity index (χ3n) is 3.89. The molecule has 1 fully saturated rings. The van der Waals surface area contributed by atoms with Gasteiger partial charge in [0.1, 0.15) is 11.6 Å². The van der Waals surface area contributed by atoms with Crippen molar-refractivity contribution in [2.45, 2.75) is 0 Å². The zero-order valence-electron chi connectivity index (χ0n) is 14.0. The van der Waals surface area contributed by atoms with Crippen molar-refractivity contribution < 1.29 is 9.53 Å². The molecule has 1 aromatic heterocycles. The summed E-state index contributed by atoms with van der Waals surface area (Å²) in [6, 6.07) is 17.3. The molecule has 0 unspecified atom stereocenters. The van der Waals surface area contributed by atoms with Crippen molar-refractivity contribution in [3.05, 3.63) is 71.3 Å². The Bertz CT molecular complexity index is 1040. The Kier molecular flexibility index (Phi) is 4.41. The van der Waals surface area contributed by atoms with Crippen LogP contribution in [-0.2, 0) is 0 Å². The van der Waals surface area contributed by atoms with Crippen molar-refractivity contribution >= 4 is 45.5 Å². The Morgan fingerprint density at radius 1 is 1.15 bits per heavy atom. The van der Waals surface area contributed by atoms with Gasteiger partial charge in [0.2, 0.25) is 0 Å². The minimum atomic E-state index is -0.133. The number of benzene rings is 2. The lowest BCUT2D eigenvalue weighted by Crippen LogP contribution is -2.18. The summed E-state index contributed by atoms with van der Waals surface area (Å²) in [5.74, 6) is 1.32. The molecule has 0 atom stereocenters. The first-order chi connectivity index (χ1) is 12.7. The number of amidine groups is 1. The van der Waals surface area contributed by atoms with E-state index in [9.17, 15) is 4.79 Å². The van der Waals surface area contributed by atoms with Gasteiger partial charge in [0, 0.05) is 11.6 Å². The fourth-order valence-electron chi connectivity index (χ4n) is 2.63. The first kappa shape index (κ1) is 16.4. The van der Waals surface area contributed by atoms with Crippen LogP contribution in [-0.4, -0.2) is 23.2 Å². The van der Waals surface area contributed by atoms with Gasteiger partial charge in [-0.1, -0.05) is 12.1 Å². The fraction of sp³-hybridized carbons (Fsp3) is 0.0500. The lowest BCUT2D eigenvalue weighted by Gasteiger charge is -2.03. The predicted octanol–water partition coefficient (Wildman–Crippen LogP) is 4.77. The molecule has 5 nitrogen and oxygen atoms in total. The number of hydrogen-bond donors (Lipinski definition) is 1. The van der Waals surface area contributed by atoms with E-state index >= 15 is 0 Å². The Balaban J connectivity index is 1.68. The van der Waals surface area contributed by atoms with Gasteiger partial charge in [0.15, 0.2) is 0 Å². The summed E-state index contributed by atoms with van der Waals surface area (Å²) in [6.07, 6.45) is 3.73. The first-order valence-electron chi connectivity index (χ1n) is 8.00. The van der Waals surface area contributed by atoms with Crippen LogP contribution in [0, 0.1) is 0 Å². The number of pyridine rings is 1. The van der Waals surface area contributed by atoms with Crippen LogP contribution in [0.1, 0.15) is 5.56 Å². The molecule has 3 aromatic rings. The highest BCUT2D eigenvalue weighted by Gasteiger charge is 2.23. The highest BCUT2D eigenvalue weighted by molar-refractivity contribution is 8.18. The number of rotatable bonds is 3. The molecule has 4 rings (SSSR count). The van der Waals surface area contributed by atoms with Gasteiger partial charge in [0.25, 0.3) is 5.24 Å². The van der Waals surface area contributed by atoms with Crippen LogP contribution in [0.15, 0.2) is 70.7 Å². The lowest BCUT2D eigenvalue weighted by molar-refractivity contribution is 0.265. The SMILES string of the molecule is COc1ccc(N=C2NC(=O)S/C2=C/c2ccc3ncccc3c2)cc1. The smallest absolute Gasteiger partial charge is 0.289 e. The molecule has 6 heteroatoms. The van der Waals surface area contributed by atoms with Gasteiger partial charge in [-0.2, -0.15) is 0 Å². The number of ether oxygens (including phenoxy) is 1. The second-order valence-corrected chi connectivity index (χ2v) is 6.65. The van der Waals surface area contributed by atoms with Crippen LogP contribution in [0.2, 0.25) is 0 Å². The normalized spacial score (nSPS) is 17.0. The number of thioether (sulfide) groups is 1. The van der Waals surface area contributed by atoms with Gasteiger partial charge in [-0.25, -0.2) is 4.99 Å². The van der Waals surface area contributed by atoms with Crippen LogP contribution in [0.5, 0.6) is 5.75 Å². The summed E-state index contributed by atoms with van der Waals surface area (Å²) in [5.41, 5.74) is 2.68. The minimum absolute atomic E-state index is 0.133. The topological polar surface area (TPSA) is 63.6 Å². The van der Waals surface area contributed by atoms with Gasteiger partial charge >= 0.3 is 0 Å². The van der Waals surface area contributed by atoms with E-state index in [-0.39, 0.29) is 5.24 Å². The fourth-order valence-corrected chi connectivity index (χ4v) is 3.37. The molecule has 0 spiro atoms. The predicted molar refractivity (Wildman–Crippen MR) is 106 cm³/mol. The molecule has 1 amide bonds. The third-order valence-corrected chi connectivity index (χ3v) is 4.71. The molecule has 2 aromatic carbocycles. The van der Waals surface area contributed by atoms with Crippen molar-refractivity contribution in [1.82, 2.24) is 10.3 Å². The largest absolute Gasteiger partial charge is 0.497 e. The number of hydrogen-bond acceptors (Lipinski definition) is 5. The van der Waals surface area contributed by atoms with Crippen LogP contribution in [0.4, 0.5) is 10.5 Å². The van der Waals surface area contributed by atoms with Crippen molar-refractivity contribution in [2.75, 3.05) is 7.11 Å². The number of nitrogens with zero attached hydrogens (tertiary/aromatic N) is 2. The highest BCUT2D eigenvalue weighted by Crippen LogP contribution is 2.29. The van der Waals surface area contributed by atoms with Crippen molar-refractivity contribution in [2.24, 2.45) is 4.99 Å². The number of amides is 1. The van der Waals surface area contributed by atoms with E-state index in [4.69, 9.17) is 4.74 Å². The summed E-state index contributed by atoms with van der Waals surface area (Å²) in [7, 11) is 1.62. The first-order valence-corrected chi connectivity index (χ1v) is 8.81. The molecule has 0 aliphatic carbocycles. The molecule has 2 heterocycles. The lowest BCUT2D eigenvalue weighted by atomic mass is 10.1. The maximum absolute atomic E-state index is 11.9. The zero-order valence-corrected chi connectivity index (χ0v) is 14.8. The van der Waals surface area contributed by atoms with Crippen molar-refractivity contribution in [3.63, 3.8) is 0 Å². The molecule has 1 saturated heterocycles. The van der Waals surface area contributed by atoms with E-state index in [1.165, 1.54) is 0 Å². The van der Waals surface area contributed by atoms with Gasteiger partial charge in [-0.05, 0) is 65.9 Å². The number of fused-ring (bicyclic) bond motifs is 1. The average molecular weight is 361 g/mol. The van der Waals surface area contributed by atoms with Gasteiger partial charge in [-0.15, -0.1) is 0 Å². The summed E-state index contributed by atoms with van der Waals surface area (Å²) in [4.78, 5) is 21.5. The van der Waals surface area contributed by atoms with Crippen molar-refractivity contribution in [1.29, 1.82) is 0 Å². The number of methoxy groups -OCH3 is 1. The molecule has 128 valence electrons. The molecule has 1 aliphatic heterocycles. The van der Waals surface area contributed by atoms with Crippen LogP contribution in [0.25, 0.3) is 17.0 Å². The quantitative estimate of drug-likeness (QED) is 0.730. The summed E-state index contributed by atoms with van der Waals surface area (Å²) < 4.78 is 5.15. The van der Waals surface area contributed by atoms with Gasteiger partial charge in [0.05, 0.1) is 23.2 Å². The van der Waals surface area contributed by atoms with E-state index in [2.05, 4.69) is 15.3 Å². The Labute approximate surface area is 154 Å². The molecule has 0 saturated carbocycles. The number of aromatic nitrogens is 1. The second-order valence-electron chi connectivity index (χ2n) is 5.64. The van der Waals surface area contributed by atoms with Gasteiger partial charge < -0.3 is 10.1 Å². The third kappa shape index (κ3) is 3.45. The Morgan fingerprint density at radius 2 is 2.00 bits per heavy atom. The highest BCUT2D eigenvalue weighted by atomic mass is 32.2. The molecule has 0 radical (unpaired) electrons. The standard InChI is InChI=1S/C20H15N3O2S/c1-25-16-7-5-15(6-8-16)22-19-18(26-20(24)23-19)12-13-4-9-17-14(11-13)3-2-10-21-17/h2-12H,1H3,(H,22,23,24)/b18-12+. The second kappa shape index (κ2) is 7.01. The maximum Gasteiger partial charge on any atom is 0.289 e. The molecule has 1 N–H and O–H groups in total. The van der Waals surface area contributed by atoms with E-state index in [0.29, 0.717) is 5.84 Å². The molecular weight excluding hydrogens is 346 g/mol. The molecule has 26 heavy (non-hydrogen) atoms. The van der Waals surface area contributed by atoms with Crippen LogP contribution >= 0.6 is 11.8 Å². The van der Waals surface area contributed by atoms with Gasteiger partial charge in [-0.3, -0.25) is 9.78 Å². The zero-order chi connectivity index (χ0) is 17.9. The van der Waals surface area contributed by atoms with E-state index in [1.54, 1.807) is 13.3 Å². The van der Waals surface area contributed by atoms with E-state index in [1.807, 2.05) is 60.7 Å². The molecule has 1 aliphatic rings. The monoisotopic (exact) mass is 361 g/mol. The number of aliphatic imine (C=N–C) groups is 1. The van der Waals surface area contributed by atoms with E-state index in [0.717, 1.165) is 44.6 Å². The van der Waals surface area contributed by atoms with E-state index < -0.39 is 0 Å². The number of nitrogens with one attached hydrogen (secondary N) is 1. The number of carbonyl (C=O) groups excluding carboxylic acids is 1. The maximum atomic E-state index is 11.9. The molecule has 0 bridgehead atoms. The molecular formula is C20H15N3O2S. The van der Waals surface area contributed by atoms with Crippen LogP contribution in [0.3, 0.4) is 0 Å². The average Bonchev–Trinajstić information content (AvgIpc) is 3.01.